The van der Waals surface area contributed by atoms with E-state index in [9.17, 15) is 14.0 Å². The van der Waals surface area contributed by atoms with Crippen molar-refractivity contribution >= 4 is 35.0 Å². The minimum atomic E-state index is -0.390. The van der Waals surface area contributed by atoms with Crippen molar-refractivity contribution < 1.29 is 14.0 Å². The zero-order chi connectivity index (χ0) is 21.1. The maximum Gasteiger partial charge on any atom is 0.255 e. The third kappa shape index (κ3) is 4.24. The highest BCUT2D eigenvalue weighted by molar-refractivity contribution is 8.00. The summed E-state index contributed by atoms with van der Waals surface area (Å²) in [6.07, 6.45) is 0.858. The van der Waals surface area contributed by atoms with Gasteiger partial charge in [0.25, 0.3) is 5.91 Å². The number of hydrogen-bond acceptors (Lipinski definition) is 3. The molecule has 0 aromatic heterocycles. The van der Waals surface area contributed by atoms with Crippen LogP contribution < -0.4 is 10.2 Å². The zero-order valence-corrected chi connectivity index (χ0v) is 17.3. The lowest BCUT2D eigenvalue weighted by atomic mass is 10.1. The van der Waals surface area contributed by atoms with Crippen LogP contribution in [0.5, 0.6) is 0 Å². The number of fused-ring (bicyclic) bond motifs is 1. The number of halogens is 1. The second kappa shape index (κ2) is 8.71. The van der Waals surface area contributed by atoms with Crippen LogP contribution >= 0.6 is 11.8 Å². The van der Waals surface area contributed by atoms with Gasteiger partial charge < -0.3 is 10.2 Å². The topological polar surface area (TPSA) is 49.4 Å². The molecule has 0 saturated heterocycles. The molecule has 0 spiro atoms. The predicted molar refractivity (Wildman–Crippen MR) is 119 cm³/mol. The number of nitrogens with zero attached hydrogens (tertiary/aromatic N) is 1. The van der Waals surface area contributed by atoms with Gasteiger partial charge in [-0.3, -0.25) is 9.59 Å². The largest absolute Gasteiger partial charge is 0.321 e. The van der Waals surface area contributed by atoms with Gasteiger partial charge in [-0.15, -0.1) is 11.8 Å². The molecule has 4 rings (SSSR count). The van der Waals surface area contributed by atoms with Gasteiger partial charge in [-0.1, -0.05) is 30.3 Å². The fourth-order valence-electron chi connectivity index (χ4n) is 3.65. The standard InChI is InChI=1S/C24H21FN2O2S/c1-16-14-18-6-2-4-8-21(18)27(16)23(28)15-30-22-9-5-3-7-20(22)26-24(29)17-10-12-19(25)13-11-17/h2-13,16H,14-15H2,1H3,(H,26,29)/t16-/m0/s1. The summed E-state index contributed by atoms with van der Waals surface area (Å²) in [6.45, 7) is 2.05. The normalized spacial score (nSPS) is 15.0. The number of thioether (sulfide) groups is 1. The number of carbonyl (C=O) groups is 2. The second-order valence-corrected chi connectivity index (χ2v) is 8.21. The minimum absolute atomic E-state index is 0.0390. The van der Waals surface area contributed by atoms with E-state index >= 15 is 0 Å². The molecule has 4 nitrogen and oxygen atoms in total. The van der Waals surface area contributed by atoms with Crippen LogP contribution in [0.15, 0.2) is 77.7 Å². The number of anilines is 2. The highest BCUT2D eigenvalue weighted by Gasteiger charge is 2.30. The van der Waals surface area contributed by atoms with Crippen molar-refractivity contribution in [2.24, 2.45) is 0 Å². The Morgan fingerprint density at radius 3 is 2.53 bits per heavy atom. The molecule has 6 heteroatoms. The Balaban J connectivity index is 1.45. The van der Waals surface area contributed by atoms with E-state index in [2.05, 4.69) is 18.3 Å². The second-order valence-electron chi connectivity index (χ2n) is 7.19. The molecule has 0 saturated carbocycles. The number of para-hydroxylation sites is 2. The first kappa shape index (κ1) is 20.2. The lowest BCUT2D eigenvalue weighted by molar-refractivity contribution is -0.116. The highest BCUT2D eigenvalue weighted by Crippen LogP contribution is 2.34. The Kier molecular flexibility index (Phi) is 5.86. The summed E-state index contributed by atoms with van der Waals surface area (Å²) in [4.78, 5) is 28.1. The molecule has 1 aliphatic heterocycles. The maximum atomic E-state index is 13.1. The van der Waals surface area contributed by atoms with Gasteiger partial charge in [0.1, 0.15) is 5.82 Å². The third-order valence-corrected chi connectivity index (χ3v) is 6.13. The first-order valence-electron chi connectivity index (χ1n) is 9.71. The lowest BCUT2D eigenvalue weighted by Gasteiger charge is -2.22. The summed E-state index contributed by atoms with van der Waals surface area (Å²) >= 11 is 1.39. The number of hydrogen-bond donors (Lipinski definition) is 1. The van der Waals surface area contributed by atoms with Gasteiger partial charge in [0.15, 0.2) is 0 Å². The number of rotatable bonds is 5. The van der Waals surface area contributed by atoms with Crippen LogP contribution in [0.3, 0.4) is 0 Å². The van der Waals surface area contributed by atoms with Crippen molar-refractivity contribution in [2.45, 2.75) is 24.3 Å². The van der Waals surface area contributed by atoms with Crippen LogP contribution in [-0.4, -0.2) is 23.6 Å². The molecular formula is C24H21FN2O2S. The first-order valence-corrected chi connectivity index (χ1v) is 10.7. The number of benzene rings is 3. The van der Waals surface area contributed by atoms with E-state index in [0.29, 0.717) is 11.3 Å². The van der Waals surface area contributed by atoms with Crippen LogP contribution in [0.1, 0.15) is 22.8 Å². The number of carbonyl (C=O) groups excluding carboxylic acids is 2. The SMILES string of the molecule is C[C@H]1Cc2ccccc2N1C(=O)CSc1ccccc1NC(=O)c1ccc(F)cc1. The van der Waals surface area contributed by atoms with Gasteiger partial charge in [-0.05, 0) is 61.4 Å². The lowest BCUT2D eigenvalue weighted by Crippen LogP contribution is -2.36. The molecule has 0 unspecified atom stereocenters. The van der Waals surface area contributed by atoms with Gasteiger partial charge >= 0.3 is 0 Å². The summed E-state index contributed by atoms with van der Waals surface area (Å²) < 4.78 is 13.1. The average molecular weight is 421 g/mol. The van der Waals surface area contributed by atoms with Gasteiger partial charge in [-0.25, -0.2) is 4.39 Å². The van der Waals surface area contributed by atoms with Crippen molar-refractivity contribution in [3.63, 3.8) is 0 Å². The monoisotopic (exact) mass is 420 g/mol. The Bertz CT molecular complexity index is 1080. The Morgan fingerprint density at radius 1 is 1.03 bits per heavy atom. The van der Waals surface area contributed by atoms with Crippen molar-refractivity contribution in [3.05, 3.63) is 89.7 Å². The quantitative estimate of drug-likeness (QED) is 0.581. The fraction of sp³-hybridized carbons (Fsp3) is 0.167. The zero-order valence-electron chi connectivity index (χ0n) is 16.5. The van der Waals surface area contributed by atoms with E-state index in [1.807, 2.05) is 41.3 Å². The molecule has 2 amide bonds. The summed E-state index contributed by atoms with van der Waals surface area (Å²) in [5.74, 6) is -0.408. The summed E-state index contributed by atoms with van der Waals surface area (Å²) in [5.41, 5.74) is 3.16. The molecule has 152 valence electrons. The molecular weight excluding hydrogens is 399 g/mol. The van der Waals surface area contributed by atoms with E-state index in [4.69, 9.17) is 0 Å². The molecule has 0 fully saturated rings. The van der Waals surface area contributed by atoms with E-state index in [0.717, 1.165) is 17.0 Å². The van der Waals surface area contributed by atoms with Crippen LogP contribution in [0.2, 0.25) is 0 Å². The smallest absolute Gasteiger partial charge is 0.255 e. The third-order valence-electron chi connectivity index (χ3n) is 5.07. The maximum absolute atomic E-state index is 13.1. The van der Waals surface area contributed by atoms with E-state index in [1.54, 1.807) is 6.07 Å². The van der Waals surface area contributed by atoms with Crippen molar-refractivity contribution in [1.82, 2.24) is 0 Å². The number of amides is 2. The average Bonchev–Trinajstić information content (AvgIpc) is 3.09. The molecule has 3 aromatic rings. The van der Waals surface area contributed by atoms with Crippen molar-refractivity contribution in [1.29, 1.82) is 0 Å². The Hall–Kier alpha value is -3.12. The van der Waals surface area contributed by atoms with Gasteiger partial charge in [0.2, 0.25) is 5.91 Å². The molecule has 30 heavy (non-hydrogen) atoms. The fourth-order valence-corrected chi connectivity index (χ4v) is 4.51. The van der Waals surface area contributed by atoms with Crippen molar-refractivity contribution in [3.8, 4) is 0 Å². The van der Waals surface area contributed by atoms with Gasteiger partial charge in [-0.2, -0.15) is 0 Å². The molecule has 1 aliphatic rings. The molecule has 1 heterocycles. The van der Waals surface area contributed by atoms with E-state index in [-0.39, 0.29) is 23.6 Å². The van der Waals surface area contributed by atoms with Gasteiger partial charge in [0.05, 0.1) is 11.4 Å². The highest BCUT2D eigenvalue weighted by atomic mass is 32.2. The van der Waals surface area contributed by atoms with Crippen LogP contribution in [0, 0.1) is 5.82 Å². The minimum Gasteiger partial charge on any atom is -0.321 e. The molecule has 1 N–H and O–H groups in total. The summed E-state index contributed by atoms with van der Waals surface area (Å²) in [6, 6.07) is 20.9. The van der Waals surface area contributed by atoms with Gasteiger partial charge in [0, 0.05) is 22.2 Å². The molecule has 3 aromatic carbocycles. The van der Waals surface area contributed by atoms with Crippen LogP contribution in [0.25, 0.3) is 0 Å². The molecule has 0 bridgehead atoms. The van der Waals surface area contributed by atoms with Crippen LogP contribution in [0.4, 0.5) is 15.8 Å². The Morgan fingerprint density at radius 2 is 1.73 bits per heavy atom. The summed E-state index contributed by atoms with van der Waals surface area (Å²) in [5, 5.41) is 2.86. The number of nitrogens with one attached hydrogen (secondary N) is 1. The first-order chi connectivity index (χ1) is 14.5. The van der Waals surface area contributed by atoms with Crippen LogP contribution in [-0.2, 0) is 11.2 Å². The molecule has 0 radical (unpaired) electrons. The molecule has 0 aliphatic carbocycles. The van der Waals surface area contributed by atoms with E-state index < -0.39 is 5.82 Å². The Labute approximate surface area is 179 Å². The van der Waals surface area contributed by atoms with E-state index in [1.165, 1.54) is 41.6 Å². The van der Waals surface area contributed by atoms with Crippen molar-refractivity contribution in [2.75, 3.05) is 16.0 Å². The summed E-state index contributed by atoms with van der Waals surface area (Å²) in [7, 11) is 0. The molecule has 1 atom stereocenters. The predicted octanol–water partition coefficient (Wildman–Crippen LogP) is 5.15.